The van der Waals surface area contributed by atoms with E-state index in [1.165, 1.54) is 11.8 Å². The zero-order valence-corrected chi connectivity index (χ0v) is 11.8. The Morgan fingerprint density at radius 3 is 2.62 bits per heavy atom. The van der Waals surface area contributed by atoms with Crippen LogP contribution in [0.4, 0.5) is 0 Å². The largest absolute Gasteiger partial charge is 0.387 e. The van der Waals surface area contributed by atoms with E-state index in [1.54, 1.807) is 0 Å². The molecular formula is C12H20N4O5. The number of carbonyl (C=O) groups is 4. The van der Waals surface area contributed by atoms with Crippen LogP contribution in [-0.2, 0) is 19.2 Å². The highest BCUT2D eigenvalue weighted by Crippen LogP contribution is 2.17. The Kier molecular flexibility index (Phi) is 6.10. The summed E-state index contributed by atoms with van der Waals surface area (Å²) in [6.45, 7) is 0.873. The second-order valence-electron chi connectivity index (χ2n) is 4.81. The summed E-state index contributed by atoms with van der Waals surface area (Å²) in [6, 6.07) is -1.50. The number of nitrogens with two attached hydrogens (primary N) is 1. The molecule has 0 aromatic carbocycles. The minimum absolute atomic E-state index is 0.311. The molecule has 5 N–H and O–H groups in total. The van der Waals surface area contributed by atoms with Gasteiger partial charge in [-0.2, -0.15) is 0 Å². The van der Waals surface area contributed by atoms with Gasteiger partial charge in [-0.05, 0) is 19.8 Å². The Bertz CT molecular complexity index is 439. The molecule has 21 heavy (non-hydrogen) atoms. The van der Waals surface area contributed by atoms with Crippen molar-refractivity contribution in [3.8, 4) is 0 Å². The van der Waals surface area contributed by atoms with Crippen LogP contribution in [0.2, 0.25) is 0 Å². The van der Waals surface area contributed by atoms with E-state index in [-0.39, 0.29) is 6.54 Å². The fraction of sp³-hybridized carbons (Fsp3) is 0.667. The first-order valence-corrected chi connectivity index (χ1v) is 6.63. The van der Waals surface area contributed by atoms with Gasteiger partial charge < -0.3 is 26.4 Å². The van der Waals surface area contributed by atoms with Crippen molar-refractivity contribution < 1.29 is 24.3 Å². The van der Waals surface area contributed by atoms with Crippen molar-refractivity contribution in [2.75, 3.05) is 19.7 Å². The Balaban J connectivity index is 2.44. The molecule has 0 aromatic rings. The Hall–Kier alpha value is -2.16. The van der Waals surface area contributed by atoms with E-state index in [2.05, 4.69) is 10.6 Å². The quantitative estimate of drug-likeness (QED) is 0.415. The van der Waals surface area contributed by atoms with E-state index in [0.717, 1.165) is 0 Å². The van der Waals surface area contributed by atoms with Gasteiger partial charge in [-0.3, -0.25) is 19.2 Å². The molecular weight excluding hydrogens is 280 g/mol. The minimum Gasteiger partial charge on any atom is -0.387 e. The predicted octanol–water partition coefficient (Wildman–Crippen LogP) is -2.92. The number of amides is 4. The number of aliphatic hydroxyl groups excluding tert-OH is 1. The molecule has 0 saturated carbocycles. The Morgan fingerprint density at radius 1 is 1.38 bits per heavy atom. The third kappa shape index (κ3) is 4.71. The summed E-state index contributed by atoms with van der Waals surface area (Å²) < 4.78 is 0. The standard InChI is InChI=1S/C12H20N4O5/c1-7(11(13)20)15-9(18)5-14-12(21)8-3-2-4-16(8)10(19)6-17/h7-8,17H,2-6H2,1H3,(H2,13,20)(H,14,21)(H,15,18)/t7-,8?/m0/s1. The molecule has 1 heterocycles. The van der Waals surface area contributed by atoms with Gasteiger partial charge in [0, 0.05) is 6.54 Å². The molecule has 1 fully saturated rings. The summed E-state index contributed by atoms with van der Waals surface area (Å²) in [5, 5.41) is 13.6. The van der Waals surface area contributed by atoms with Gasteiger partial charge in [-0.25, -0.2) is 0 Å². The van der Waals surface area contributed by atoms with Gasteiger partial charge in [-0.15, -0.1) is 0 Å². The van der Waals surface area contributed by atoms with E-state index in [0.29, 0.717) is 19.4 Å². The van der Waals surface area contributed by atoms with Crippen LogP contribution >= 0.6 is 0 Å². The predicted molar refractivity (Wildman–Crippen MR) is 71.6 cm³/mol. The molecule has 0 aliphatic carbocycles. The molecule has 1 unspecified atom stereocenters. The maximum atomic E-state index is 11.9. The van der Waals surface area contributed by atoms with Gasteiger partial charge in [0.2, 0.25) is 23.6 Å². The van der Waals surface area contributed by atoms with Crippen molar-refractivity contribution in [2.45, 2.75) is 31.8 Å². The summed E-state index contributed by atoms with van der Waals surface area (Å²) in [7, 11) is 0. The number of aliphatic hydroxyl groups is 1. The van der Waals surface area contributed by atoms with Crippen molar-refractivity contribution in [3.05, 3.63) is 0 Å². The molecule has 1 aliphatic rings. The number of hydrogen-bond acceptors (Lipinski definition) is 5. The number of primary amides is 1. The van der Waals surface area contributed by atoms with Gasteiger partial charge in [0.15, 0.2) is 0 Å². The van der Waals surface area contributed by atoms with Gasteiger partial charge in [0.25, 0.3) is 0 Å². The maximum Gasteiger partial charge on any atom is 0.248 e. The van der Waals surface area contributed by atoms with Gasteiger partial charge in [0.05, 0.1) is 6.54 Å². The average Bonchev–Trinajstić information content (AvgIpc) is 2.93. The summed E-state index contributed by atoms with van der Waals surface area (Å²) in [4.78, 5) is 47.0. The van der Waals surface area contributed by atoms with Gasteiger partial charge in [-0.1, -0.05) is 0 Å². The van der Waals surface area contributed by atoms with E-state index in [1.807, 2.05) is 0 Å². The lowest BCUT2D eigenvalue weighted by atomic mass is 10.2. The molecule has 4 amide bonds. The SMILES string of the molecule is C[C@H](NC(=O)CNC(=O)C1CCCN1C(=O)CO)C(N)=O. The number of nitrogens with zero attached hydrogens (tertiary/aromatic N) is 1. The first-order chi connectivity index (χ1) is 9.86. The molecule has 1 rings (SSSR count). The van der Waals surface area contributed by atoms with Crippen molar-refractivity contribution in [1.29, 1.82) is 0 Å². The third-order valence-electron chi connectivity index (χ3n) is 3.24. The monoisotopic (exact) mass is 300 g/mol. The van der Waals surface area contributed by atoms with Crippen LogP contribution in [0.5, 0.6) is 0 Å². The fourth-order valence-electron chi connectivity index (χ4n) is 2.08. The molecule has 1 aliphatic heterocycles. The zero-order valence-electron chi connectivity index (χ0n) is 11.8. The van der Waals surface area contributed by atoms with E-state index in [4.69, 9.17) is 10.8 Å². The van der Waals surface area contributed by atoms with E-state index < -0.39 is 42.3 Å². The number of carbonyl (C=O) groups excluding carboxylic acids is 4. The average molecular weight is 300 g/mol. The molecule has 118 valence electrons. The molecule has 2 atom stereocenters. The van der Waals surface area contributed by atoms with Crippen LogP contribution < -0.4 is 16.4 Å². The number of hydrogen-bond donors (Lipinski definition) is 4. The van der Waals surface area contributed by atoms with Crippen LogP contribution in [0, 0.1) is 0 Å². The highest BCUT2D eigenvalue weighted by molar-refractivity contribution is 5.92. The fourth-order valence-corrected chi connectivity index (χ4v) is 2.08. The molecule has 9 nitrogen and oxygen atoms in total. The topological polar surface area (TPSA) is 142 Å². The molecule has 0 spiro atoms. The normalized spacial score (nSPS) is 19.0. The lowest BCUT2D eigenvalue weighted by molar-refractivity contribution is -0.140. The minimum atomic E-state index is -0.826. The van der Waals surface area contributed by atoms with Crippen molar-refractivity contribution >= 4 is 23.6 Å². The van der Waals surface area contributed by atoms with E-state index >= 15 is 0 Å². The first kappa shape index (κ1) is 16.9. The number of likely N-dealkylation sites (tertiary alicyclic amines) is 1. The van der Waals surface area contributed by atoms with Crippen LogP contribution in [0.1, 0.15) is 19.8 Å². The molecule has 9 heteroatoms. The van der Waals surface area contributed by atoms with Gasteiger partial charge >= 0.3 is 0 Å². The smallest absolute Gasteiger partial charge is 0.248 e. The lowest BCUT2D eigenvalue weighted by Crippen LogP contribution is -2.50. The summed E-state index contributed by atoms with van der Waals surface area (Å²) in [6.07, 6.45) is 1.14. The third-order valence-corrected chi connectivity index (χ3v) is 3.24. The summed E-state index contributed by atoms with van der Waals surface area (Å²) in [5.74, 6) is -2.20. The Morgan fingerprint density at radius 2 is 2.05 bits per heavy atom. The maximum absolute atomic E-state index is 11.9. The highest BCUT2D eigenvalue weighted by atomic mass is 16.3. The van der Waals surface area contributed by atoms with Crippen LogP contribution in [0.3, 0.4) is 0 Å². The second-order valence-corrected chi connectivity index (χ2v) is 4.81. The molecule has 0 bridgehead atoms. The van der Waals surface area contributed by atoms with Crippen LogP contribution in [-0.4, -0.2) is 65.4 Å². The van der Waals surface area contributed by atoms with Crippen molar-refractivity contribution in [2.24, 2.45) is 5.73 Å². The summed E-state index contributed by atoms with van der Waals surface area (Å²) in [5.41, 5.74) is 5.00. The van der Waals surface area contributed by atoms with E-state index in [9.17, 15) is 19.2 Å². The van der Waals surface area contributed by atoms with Crippen molar-refractivity contribution in [3.63, 3.8) is 0 Å². The van der Waals surface area contributed by atoms with Crippen molar-refractivity contribution in [1.82, 2.24) is 15.5 Å². The van der Waals surface area contributed by atoms with Gasteiger partial charge in [0.1, 0.15) is 18.7 Å². The summed E-state index contributed by atoms with van der Waals surface area (Å²) >= 11 is 0. The second kappa shape index (κ2) is 7.58. The zero-order chi connectivity index (χ0) is 16.0. The molecule has 0 radical (unpaired) electrons. The molecule has 1 saturated heterocycles. The number of rotatable bonds is 6. The van der Waals surface area contributed by atoms with Crippen LogP contribution in [0.25, 0.3) is 0 Å². The Labute approximate surface area is 121 Å². The van der Waals surface area contributed by atoms with Crippen LogP contribution in [0.15, 0.2) is 0 Å². The molecule has 0 aromatic heterocycles. The lowest BCUT2D eigenvalue weighted by Gasteiger charge is -2.23. The first-order valence-electron chi connectivity index (χ1n) is 6.63. The highest BCUT2D eigenvalue weighted by Gasteiger charge is 2.33. The number of nitrogens with one attached hydrogen (secondary N) is 2.